The van der Waals surface area contributed by atoms with Gasteiger partial charge >= 0.3 is 0 Å². The van der Waals surface area contributed by atoms with Gasteiger partial charge in [-0.25, -0.2) is 0 Å². The SMILES string of the molecule is COc1cc(C2C3=CCC4C(=O)N(c5ccc(Br)cc5)C(=O)C4C3CC3C(=O)N(Nc4ccc(C)cc4)C(=O)C32c2ccccc2)ccc1O. The standard InChI is InChI=1S/C40H34BrN3O6/c1-22-8-13-26(14-9-22)42-44-37(47)31-21-30-28(17-18-29-34(30)38(48)43(36(29)46)27-15-11-25(41)12-16-27)35(23-10-19-32(45)33(20-23)50-2)40(31,39(44)49)24-6-4-3-5-7-24/h3-17,19-20,29-31,34-35,42,45H,18,21H2,1-2H3. The van der Waals surface area contributed by atoms with Gasteiger partial charge in [0.1, 0.15) is 0 Å². The number of carbonyl (C=O) groups excluding carboxylic acids is 4. The maximum absolute atomic E-state index is 15.2. The van der Waals surface area contributed by atoms with Crippen molar-refractivity contribution in [1.82, 2.24) is 5.01 Å². The van der Waals surface area contributed by atoms with E-state index in [1.807, 2.05) is 67.6 Å². The molecule has 9 nitrogen and oxygen atoms in total. The first kappa shape index (κ1) is 32.0. The highest BCUT2D eigenvalue weighted by atomic mass is 79.9. The van der Waals surface area contributed by atoms with Crippen molar-refractivity contribution >= 4 is 50.9 Å². The number of benzene rings is 4. The van der Waals surface area contributed by atoms with Crippen LogP contribution >= 0.6 is 15.9 Å². The van der Waals surface area contributed by atoms with Crippen molar-refractivity contribution < 1.29 is 29.0 Å². The number of rotatable bonds is 6. The number of aryl methyl sites for hydroxylation is 1. The molecule has 10 heteroatoms. The summed E-state index contributed by atoms with van der Waals surface area (Å²) < 4.78 is 6.36. The minimum atomic E-state index is -1.41. The number of ether oxygens (including phenoxy) is 1. The van der Waals surface area contributed by atoms with Crippen LogP contribution in [0.15, 0.2) is 113 Å². The largest absolute Gasteiger partial charge is 0.504 e. The average Bonchev–Trinajstić information content (AvgIpc) is 3.51. The van der Waals surface area contributed by atoms with Crippen LogP contribution in [-0.2, 0) is 24.6 Å². The quantitative estimate of drug-likeness (QED) is 0.168. The lowest BCUT2D eigenvalue weighted by atomic mass is 9.49. The third-order valence-corrected chi connectivity index (χ3v) is 11.5. The van der Waals surface area contributed by atoms with Crippen LogP contribution in [-0.4, -0.2) is 40.9 Å². The van der Waals surface area contributed by atoms with Crippen LogP contribution < -0.4 is 15.1 Å². The summed E-state index contributed by atoms with van der Waals surface area (Å²) in [6.07, 6.45) is 2.51. The number of fused-ring (bicyclic) bond motifs is 4. The molecule has 2 saturated heterocycles. The number of hydrogen-bond donors (Lipinski definition) is 2. The summed E-state index contributed by atoms with van der Waals surface area (Å²) in [5.41, 5.74) is 5.97. The maximum Gasteiger partial charge on any atom is 0.260 e. The van der Waals surface area contributed by atoms with Gasteiger partial charge in [0, 0.05) is 10.4 Å². The van der Waals surface area contributed by atoms with Crippen molar-refractivity contribution in [3.05, 3.63) is 130 Å². The topological polar surface area (TPSA) is 116 Å². The number of imide groups is 2. The van der Waals surface area contributed by atoms with Crippen LogP contribution in [0.5, 0.6) is 11.5 Å². The molecule has 4 amide bonds. The van der Waals surface area contributed by atoms with Gasteiger partial charge < -0.3 is 9.84 Å². The first-order valence-corrected chi connectivity index (χ1v) is 17.4. The summed E-state index contributed by atoms with van der Waals surface area (Å²) in [5.74, 6) is -4.68. The van der Waals surface area contributed by atoms with Gasteiger partial charge in [-0.1, -0.05) is 81.7 Å². The molecule has 4 aromatic carbocycles. The van der Waals surface area contributed by atoms with E-state index in [0.717, 1.165) is 20.6 Å². The molecule has 4 aromatic rings. The Balaban J connectivity index is 1.32. The normalized spacial score (nSPS) is 27.1. The molecule has 6 atom stereocenters. The lowest BCUT2D eigenvalue weighted by Crippen LogP contribution is -2.53. The fourth-order valence-corrected chi connectivity index (χ4v) is 9.10. The van der Waals surface area contributed by atoms with Crippen molar-refractivity contribution in [3.63, 3.8) is 0 Å². The van der Waals surface area contributed by atoms with Gasteiger partial charge in [-0.05, 0) is 85.3 Å². The molecule has 2 N–H and O–H groups in total. The van der Waals surface area contributed by atoms with E-state index in [9.17, 15) is 19.5 Å². The maximum atomic E-state index is 15.2. The number of hydrazine groups is 1. The number of phenolic OH excluding ortho intramolecular Hbond substituents is 1. The number of anilines is 2. The summed E-state index contributed by atoms with van der Waals surface area (Å²) in [4.78, 5) is 59.7. The Bertz CT molecular complexity index is 2080. The Morgan fingerprint density at radius 2 is 1.58 bits per heavy atom. The summed E-state index contributed by atoms with van der Waals surface area (Å²) in [5, 5.41) is 11.8. The van der Waals surface area contributed by atoms with Gasteiger partial charge in [0.15, 0.2) is 11.5 Å². The zero-order valence-electron chi connectivity index (χ0n) is 27.4. The number of hydrogen-bond acceptors (Lipinski definition) is 7. The highest BCUT2D eigenvalue weighted by molar-refractivity contribution is 9.10. The van der Waals surface area contributed by atoms with E-state index in [4.69, 9.17) is 4.74 Å². The number of phenols is 1. The molecule has 252 valence electrons. The molecule has 6 unspecified atom stereocenters. The van der Waals surface area contributed by atoms with Crippen molar-refractivity contribution in [2.24, 2.45) is 23.7 Å². The van der Waals surface area contributed by atoms with Crippen LogP contribution in [0.1, 0.15) is 35.4 Å². The average molecular weight is 733 g/mol. The molecule has 0 bridgehead atoms. The summed E-state index contributed by atoms with van der Waals surface area (Å²) in [6, 6.07) is 28.8. The fraction of sp³-hybridized carbons (Fsp3) is 0.250. The minimum absolute atomic E-state index is 0.0650. The zero-order valence-corrected chi connectivity index (χ0v) is 29.0. The molecule has 0 radical (unpaired) electrons. The fourth-order valence-electron chi connectivity index (χ4n) is 8.84. The second-order valence-electron chi connectivity index (χ2n) is 13.5. The first-order valence-electron chi connectivity index (χ1n) is 16.6. The lowest BCUT2D eigenvalue weighted by molar-refractivity contribution is -0.138. The monoisotopic (exact) mass is 731 g/mol. The van der Waals surface area contributed by atoms with E-state index < -0.39 is 46.8 Å². The molecular formula is C40H34BrN3O6. The van der Waals surface area contributed by atoms with E-state index in [2.05, 4.69) is 21.4 Å². The number of methoxy groups -OCH3 is 1. The smallest absolute Gasteiger partial charge is 0.260 e. The number of nitrogens with zero attached hydrogens (tertiary/aromatic N) is 2. The molecule has 50 heavy (non-hydrogen) atoms. The van der Waals surface area contributed by atoms with Crippen LogP contribution in [0.25, 0.3) is 0 Å². The molecule has 2 aliphatic carbocycles. The first-order chi connectivity index (χ1) is 24.1. The molecule has 4 aliphatic rings. The number of amides is 4. The second-order valence-corrected chi connectivity index (χ2v) is 14.4. The van der Waals surface area contributed by atoms with Crippen molar-refractivity contribution in [3.8, 4) is 11.5 Å². The van der Waals surface area contributed by atoms with E-state index in [1.165, 1.54) is 18.1 Å². The van der Waals surface area contributed by atoms with Gasteiger partial charge in [-0.15, -0.1) is 0 Å². The third-order valence-electron chi connectivity index (χ3n) is 11.0. The third kappa shape index (κ3) is 4.65. The highest BCUT2D eigenvalue weighted by Crippen LogP contribution is 2.64. The number of carbonyl (C=O) groups is 4. The molecular weight excluding hydrogens is 698 g/mol. The molecule has 2 heterocycles. The molecule has 8 rings (SSSR count). The van der Waals surface area contributed by atoms with E-state index in [0.29, 0.717) is 28.9 Å². The number of halogens is 1. The Labute approximate surface area is 297 Å². The number of nitrogens with one attached hydrogen (secondary N) is 1. The van der Waals surface area contributed by atoms with E-state index in [1.54, 1.807) is 36.4 Å². The lowest BCUT2D eigenvalue weighted by Gasteiger charge is -2.50. The van der Waals surface area contributed by atoms with E-state index in [-0.39, 0.29) is 29.7 Å². The van der Waals surface area contributed by atoms with Gasteiger partial charge in [0.05, 0.1) is 41.7 Å². The Kier molecular flexibility index (Phi) is 7.67. The predicted molar refractivity (Wildman–Crippen MR) is 190 cm³/mol. The zero-order chi connectivity index (χ0) is 34.9. The van der Waals surface area contributed by atoms with Gasteiger partial charge in [-0.3, -0.25) is 29.5 Å². The van der Waals surface area contributed by atoms with Crippen LogP contribution in [0.3, 0.4) is 0 Å². The van der Waals surface area contributed by atoms with Crippen molar-refractivity contribution in [2.45, 2.75) is 31.1 Å². The molecule has 1 saturated carbocycles. The van der Waals surface area contributed by atoms with Crippen LogP contribution in [0.4, 0.5) is 11.4 Å². The van der Waals surface area contributed by atoms with Gasteiger partial charge in [-0.2, -0.15) is 5.01 Å². The van der Waals surface area contributed by atoms with Gasteiger partial charge in [0.25, 0.3) is 11.8 Å². The Morgan fingerprint density at radius 3 is 2.28 bits per heavy atom. The van der Waals surface area contributed by atoms with Crippen LogP contribution in [0, 0.1) is 30.6 Å². The van der Waals surface area contributed by atoms with Crippen LogP contribution in [0.2, 0.25) is 0 Å². The number of aromatic hydroxyl groups is 1. The molecule has 3 fully saturated rings. The van der Waals surface area contributed by atoms with Crippen molar-refractivity contribution in [1.29, 1.82) is 0 Å². The second kappa shape index (κ2) is 12.0. The molecule has 0 spiro atoms. The minimum Gasteiger partial charge on any atom is -0.504 e. The van der Waals surface area contributed by atoms with Gasteiger partial charge in [0.2, 0.25) is 11.8 Å². The molecule has 0 aromatic heterocycles. The summed E-state index contributed by atoms with van der Waals surface area (Å²) >= 11 is 3.43. The highest BCUT2D eigenvalue weighted by Gasteiger charge is 2.70. The van der Waals surface area contributed by atoms with E-state index >= 15 is 4.79 Å². The summed E-state index contributed by atoms with van der Waals surface area (Å²) in [7, 11) is 1.46. The predicted octanol–water partition coefficient (Wildman–Crippen LogP) is 6.66. The number of allylic oxidation sites excluding steroid dienone is 2. The van der Waals surface area contributed by atoms with Crippen molar-refractivity contribution in [2.75, 3.05) is 17.4 Å². The summed E-state index contributed by atoms with van der Waals surface area (Å²) in [6.45, 7) is 1.96. The Hall–Kier alpha value is -5.22. The Morgan fingerprint density at radius 1 is 0.860 bits per heavy atom. The molecule has 2 aliphatic heterocycles.